The van der Waals surface area contributed by atoms with E-state index < -0.39 is 47.6 Å². The maximum Gasteiger partial charge on any atom is 0.446 e. The van der Waals surface area contributed by atoms with Gasteiger partial charge in [0.05, 0.1) is 18.1 Å². The first-order chi connectivity index (χ1) is 27.9. The van der Waals surface area contributed by atoms with Crippen LogP contribution in [0.15, 0.2) is 66.5 Å². The van der Waals surface area contributed by atoms with E-state index in [1.54, 1.807) is 25.3 Å². The molecular formula is C46H60F3NO8. The van der Waals surface area contributed by atoms with Crippen molar-refractivity contribution >= 4 is 18.2 Å². The normalized spacial score (nSPS) is 23.5. The van der Waals surface area contributed by atoms with Gasteiger partial charge in [0.25, 0.3) is 0 Å². The summed E-state index contributed by atoms with van der Waals surface area (Å²) in [6, 6.07) is 12.9. The van der Waals surface area contributed by atoms with E-state index in [0.29, 0.717) is 48.5 Å². The molecule has 2 aliphatic carbocycles. The molecule has 0 radical (unpaired) electrons. The van der Waals surface area contributed by atoms with Crippen LogP contribution in [-0.2, 0) is 35.7 Å². The van der Waals surface area contributed by atoms with Crippen molar-refractivity contribution in [1.82, 2.24) is 4.90 Å². The summed E-state index contributed by atoms with van der Waals surface area (Å²) in [6.45, 7) is 3.02. The van der Waals surface area contributed by atoms with Gasteiger partial charge in [0.2, 0.25) is 12.4 Å². The molecule has 9 nitrogen and oxygen atoms in total. The number of ether oxygens (including phenoxy) is 4. The summed E-state index contributed by atoms with van der Waals surface area (Å²) in [5, 5.41) is 12.5. The summed E-state index contributed by atoms with van der Waals surface area (Å²) in [7, 11) is 3.67. The Labute approximate surface area is 340 Å². The smallest absolute Gasteiger partial charge is 0.446 e. The van der Waals surface area contributed by atoms with Crippen LogP contribution in [0.1, 0.15) is 132 Å². The number of likely N-dealkylation sites (tertiary alicyclic amines) is 1. The molecule has 1 fully saturated rings. The van der Waals surface area contributed by atoms with Crippen molar-refractivity contribution < 1.29 is 51.6 Å². The van der Waals surface area contributed by atoms with E-state index in [1.165, 1.54) is 44.9 Å². The number of carbonyl (C=O) groups is 3. The molecule has 2 aromatic rings. The quantitative estimate of drug-likeness (QED) is 0.0605. The zero-order chi connectivity index (χ0) is 41.8. The van der Waals surface area contributed by atoms with Crippen molar-refractivity contribution in [2.45, 2.75) is 152 Å². The zero-order valence-electron chi connectivity index (χ0n) is 34.2. The standard InChI is InChI=1S/C44H59NO7.C2HF3O/c1-4-5-6-7-8-9-10-11-12-13-14-15-16-17-21-24-37(46)51-39(32-22-19-18-20-23-32)42(47)50-35-27-28-44(48)36-31-33-25-26-34(49-3)40-38(33)43(44,41(35)52-40)29-30-45(36)2;3-2(4,5)1-6/h11-12,18-20,22-23,25-27,36,39,41,48H,4-10,13-17,21,24,28-31H2,1-3H3;1H/b12-11-;/t36-,39+,41+,43+,44-;/m1./s1. The Hall–Kier alpha value is -4.16. The number of rotatable bonds is 20. The lowest BCUT2D eigenvalue weighted by atomic mass is 9.50. The first-order valence-corrected chi connectivity index (χ1v) is 21.0. The van der Waals surface area contributed by atoms with Crippen LogP contribution in [0.2, 0.25) is 0 Å². The Morgan fingerprint density at radius 1 is 0.966 bits per heavy atom. The van der Waals surface area contributed by atoms with Crippen molar-refractivity contribution in [2.75, 3.05) is 20.7 Å². The molecule has 1 saturated heterocycles. The summed E-state index contributed by atoms with van der Waals surface area (Å²) in [5.41, 5.74) is 0.734. The minimum Gasteiger partial charge on any atom is -0.493 e. The third-order valence-electron chi connectivity index (χ3n) is 12.1. The second-order valence-corrected chi connectivity index (χ2v) is 16.0. The van der Waals surface area contributed by atoms with Gasteiger partial charge in [-0.2, -0.15) is 13.2 Å². The summed E-state index contributed by atoms with van der Waals surface area (Å²) < 4.78 is 55.7. The van der Waals surface area contributed by atoms with Crippen molar-refractivity contribution in [3.05, 3.63) is 83.1 Å². The molecule has 2 aromatic carbocycles. The minimum atomic E-state index is -4.64. The molecule has 2 aliphatic heterocycles. The topological polar surface area (TPSA) is 112 Å². The number of hydrogen-bond acceptors (Lipinski definition) is 9. The van der Waals surface area contributed by atoms with Gasteiger partial charge in [-0.15, -0.1) is 0 Å². The number of benzene rings is 2. The van der Waals surface area contributed by atoms with Gasteiger partial charge in [0, 0.05) is 30.0 Å². The molecule has 4 aliphatic rings. The molecule has 0 unspecified atom stereocenters. The van der Waals surface area contributed by atoms with Gasteiger partial charge < -0.3 is 29.0 Å². The lowest BCUT2D eigenvalue weighted by Gasteiger charge is -2.61. The van der Waals surface area contributed by atoms with Crippen molar-refractivity contribution in [1.29, 1.82) is 0 Å². The van der Waals surface area contributed by atoms with Crippen LogP contribution in [0.5, 0.6) is 11.5 Å². The summed E-state index contributed by atoms with van der Waals surface area (Å²) in [4.78, 5) is 38.1. The Morgan fingerprint density at radius 2 is 1.60 bits per heavy atom. The number of esters is 2. The Morgan fingerprint density at radius 3 is 2.24 bits per heavy atom. The number of unbranched alkanes of at least 4 members (excludes halogenated alkanes) is 11. The molecule has 1 N–H and O–H groups in total. The summed E-state index contributed by atoms with van der Waals surface area (Å²) >= 11 is 0. The average Bonchev–Trinajstić information content (AvgIpc) is 3.57. The second kappa shape index (κ2) is 20.7. The third kappa shape index (κ3) is 10.3. The molecule has 58 heavy (non-hydrogen) atoms. The van der Waals surface area contributed by atoms with E-state index in [9.17, 15) is 27.9 Å². The highest BCUT2D eigenvalue weighted by molar-refractivity contribution is 5.82. The van der Waals surface area contributed by atoms with Crippen LogP contribution in [0.4, 0.5) is 13.2 Å². The van der Waals surface area contributed by atoms with Crippen LogP contribution < -0.4 is 9.47 Å². The molecule has 5 atom stereocenters. The number of allylic oxidation sites excluding steroid dienone is 2. The molecule has 12 heteroatoms. The number of likely N-dealkylation sites (N-methyl/N-ethyl adjacent to an activating group) is 1. The lowest BCUT2D eigenvalue weighted by Crippen LogP contribution is -2.74. The zero-order valence-corrected chi connectivity index (χ0v) is 34.2. The largest absolute Gasteiger partial charge is 0.493 e. The van der Waals surface area contributed by atoms with Crippen molar-refractivity contribution in [3.63, 3.8) is 0 Å². The molecule has 0 saturated carbocycles. The van der Waals surface area contributed by atoms with Crippen LogP contribution in [0, 0.1) is 0 Å². The monoisotopic (exact) mass is 811 g/mol. The Kier molecular flexibility index (Phi) is 16.0. The van der Waals surface area contributed by atoms with Gasteiger partial charge in [-0.25, -0.2) is 4.79 Å². The number of aldehydes is 1. The first-order valence-electron chi connectivity index (χ1n) is 21.0. The van der Waals surface area contributed by atoms with Gasteiger partial charge in [-0.05, 0) is 76.2 Å². The number of piperidine rings is 1. The fourth-order valence-corrected chi connectivity index (χ4v) is 9.17. The van der Waals surface area contributed by atoms with E-state index >= 15 is 0 Å². The third-order valence-corrected chi connectivity index (χ3v) is 12.1. The van der Waals surface area contributed by atoms with Crippen molar-refractivity contribution in [2.24, 2.45) is 0 Å². The highest BCUT2D eigenvalue weighted by atomic mass is 19.4. The van der Waals surface area contributed by atoms with E-state index in [2.05, 4.69) is 37.1 Å². The molecule has 0 amide bonds. The number of aliphatic hydroxyl groups is 1. The molecule has 0 aromatic heterocycles. The number of hydrogen-bond donors (Lipinski definition) is 1. The Bertz CT molecular complexity index is 1750. The van der Waals surface area contributed by atoms with Gasteiger partial charge in [0.15, 0.2) is 17.6 Å². The molecule has 1 spiro atoms. The van der Waals surface area contributed by atoms with Crippen LogP contribution in [0.25, 0.3) is 0 Å². The number of methoxy groups -OCH3 is 1. The van der Waals surface area contributed by atoms with Crippen LogP contribution in [-0.4, -0.2) is 72.9 Å². The number of carbonyl (C=O) groups excluding carboxylic acids is 3. The second-order valence-electron chi connectivity index (χ2n) is 16.0. The van der Waals surface area contributed by atoms with E-state index in [-0.39, 0.29) is 12.5 Å². The fraction of sp³-hybridized carbons (Fsp3) is 0.587. The van der Waals surface area contributed by atoms with Crippen molar-refractivity contribution in [3.8, 4) is 11.5 Å². The maximum absolute atomic E-state index is 14.0. The highest BCUT2D eigenvalue weighted by Gasteiger charge is 2.72. The summed E-state index contributed by atoms with van der Waals surface area (Å²) in [6.07, 6.45) is 16.0. The van der Waals surface area contributed by atoms with Crippen LogP contribution in [0.3, 0.4) is 0 Å². The molecule has 2 heterocycles. The van der Waals surface area contributed by atoms with Gasteiger partial charge in [-0.1, -0.05) is 107 Å². The van der Waals surface area contributed by atoms with Gasteiger partial charge in [0.1, 0.15) is 5.76 Å². The van der Waals surface area contributed by atoms with E-state index in [4.69, 9.17) is 23.7 Å². The maximum atomic E-state index is 14.0. The van der Waals surface area contributed by atoms with E-state index in [0.717, 1.165) is 49.8 Å². The lowest BCUT2D eigenvalue weighted by molar-refractivity contribution is -0.176. The SMILES string of the molecule is CCCCCCCC/C=C\CCCCCCCC(=O)O[C@H](C(=O)OC1=CC[C@@]2(O)[C@H]3Cc4ccc(OC)c5c4[C@@]2(CCN3C)[C@H]1O5)c1ccccc1.O=CC(F)(F)F. The van der Waals surface area contributed by atoms with Gasteiger partial charge in [-0.3, -0.25) is 9.59 Å². The number of halogens is 3. The molecule has 2 bridgehead atoms. The Balaban J connectivity index is 0.000000992. The van der Waals surface area contributed by atoms with Crippen LogP contribution >= 0.6 is 0 Å². The minimum absolute atomic E-state index is 0.109. The predicted molar refractivity (Wildman–Crippen MR) is 214 cm³/mol. The summed E-state index contributed by atoms with van der Waals surface area (Å²) in [5.74, 6) is 0.460. The molecule has 318 valence electrons. The molecule has 6 rings (SSSR count). The predicted octanol–water partition coefficient (Wildman–Crippen LogP) is 9.59. The number of alkyl halides is 3. The fourth-order valence-electron chi connectivity index (χ4n) is 9.17. The number of nitrogens with zero attached hydrogens (tertiary/aromatic N) is 1. The first kappa shape index (κ1) is 44.9. The van der Waals surface area contributed by atoms with E-state index in [1.807, 2.05) is 24.3 Å². The average molecular weight is 812 g/mol. The highest BCUT2D eigenvalue weighted by Crippen LogP contribution is 2.65. The molecular weight excluding hydrogens is 751 g/mol. The van der Waals surface area contributed by atoms with Gasteiger partial charge >= 0.3 is 18.1 Å².